The summed E-state index contributed by atoms with van der Waals surface area (Å²) in [6, 6.07) is 8.94. The van der Waals surface area contributed by atoms with Crippen molar-refractivity contribution in [3.05, 3.63) is 58.6 Å². The summed E-state index contributed by atoms with van der Waals surface area (Å²) in [6.45, 7) is 1.78. The van der Waals surface area contributed by atoms with Gasteiger partial charge in [0.2, 0.25) is 0 Å². The molecule has 0 spiro atoms. The van der Waals surface area contributed by atoms with Crippen molar-refractivity contribution in [3.8, 4) is 5.75 Å². The van der Waals surface area contributed by atoms with Gasteiger partial charge < -0.3 is 9.47 Å². The Labute approximate surface area is 180 Å². The third-order valence-corrected chi connectivity index (χ3v) is 6.35. The minimum Gasteiger partial charge on any atom is -0.488 e. The third kappa shape index (κ3) is 6.22. The van der Waals surface area contributed by atoms with Crippen molar-refractivity contribution < 1.29 is 36.0 Å². The van der Waals surface area contributed by atoms with Crippen molar-refractivity contribution in [2.75, 3.05) is 19.0 Å². The van der Waals surface area contributed by atoms with Crippen molar-refractivity contribution >= 4 is 53.8 Å². The van der Waals surface area contributed by atoms with Crippen molar-refractivity contribution in [2.45, 2.75) is 6.92 Å². The van der Waals surface area contributed by atoms with Crippen LogP contribution in [-0.2, 0) is 17.1 Å². The number of rotatable bonds is 4. The van der Waals surface area contributed by atoms with Crippen molar-refractivity contribution in [1.82, 2.24) is 0 Å². The second-order valence-corrected chi connectivity index (χ2v) is 9.96. The van der Waals surface area contributed by atoms with E-state index in [-0.39, 0.29) is 10.3 Å². The Morgan fingerprint density at radius 1 is 1.27 bits per heavy atom. The van der Waals surface area contributed by atoms with E-state index in [4.69, 9.17) is 21.6 Å². The number of fused-ring (bicyclic) bond motifs is 1. The van der Waals surface area contributed by atoms with Gasteiger partial charge >= 0.3 is 94.4 Å². The van der Waals surface area contributed by atoms with Crippen LogP contribution in [-0.4, -0.2) is 49.1 Å². The number of methoxy groups -OCH3 is 1. The Balaban J connectivity index is 0.000000214. The summed E-state index contributed by atoms with van der Waals surface area (Å²) < 4.78 is 34.0. The van der Waals surface area contributed by atoms with E-state index in [0.717, 1.165) is 5.56 Å². The number of ether oxygens (including phenoxy) is 2. The molecule has 9 nitrogen and oxygen atoms in total. The Hall–Kier alpha value is -2.55. The topological polar surface area (TPSA) is 131 Å². The third-order valence-electron chi connectivity index (χ3n) is 3.71. The maximum absolute atomic E-state index is 11.5. The largest absolute Gasteiger partial charge is 0.488 e. The van der Waals surface area contributed by atoms with E-state index < -0.39 is 20.1 Å². The molecule has 1 aliphatic heterocycles. The van der Waals surface area contributed by atoms with Crippen LogP contribution in [0, 0.1) is 0 Å². The van der Waals surface area contributed by atoms with Crippen LogP contribution in [0.15, 0.2) is 42.5 Å². The zero-order chi connectivity index (χ0) is 22.3. The summed E-state index contributed by atoms with van der Waals surface area (Å²) >= 11 is 1.06. The molecule has 0 saturated carbocycles. The molecule has 1 heterocycles. The van der Waals surface area contributed by atoms with Crippen LogP contribution in [0.1, 0.15) is 22.8 Å². The van der Waals surface area contributed by atoms with E-state index >= 15 is 0 Å². The molecule has 1 unspecified atom stereocenters. The Kier molecular flexibility index (Phi) is 8.28. The van der Waals surface area contributed by atoms with Gasteiger partial charge in [0.1, 0.15) is 17.9 Å². The average Bonchev–Trinajstić information content (AvgIpc) is 2.72. The smallest absolute Gasteiger partial charge is 0.341 e. The van der Waals surface area contributed by atoms with Crippen LogP contribution in [0.4, 0.5) is 5.69 Å². The van der Waals surface area contributed by atoms with Gasteiger partial charge in [-0.15, -0.1) is 0 Å². The SMILES string of the molecule is CC(=O)Nc1cccc([As](=O)(O)OO)c1.COC(=O)c1cc(Cl)cc2c1OCC=C2. The molecule has 3 rings (SSSR count). The zero-order valence-corrected chi connectivity index (χ0v) is 18.6. The van der Waals surface area contributed by atoms with Crippen LogP contribution >= 0.6 is 11.6 Å². The van der Waals surface area contributed by atoms with Gasteiger partial charge in [-0.25, -0.2) is 4.79 Å². The summed E-state index contributed by atoms with van der Waals surface area (Å²) in [5.74, 6) is -0.199. The van der Waals surface area contributed by atoms with Crippen LogP contribution < -0.4 is 14.4 Å². The van der Waals surface area contributed by atoms with Crippen molar-refractivity contribution in [3.63, 3.8) is 0 Å². The minimum absolute atomic E-state index is 0.0399. The quantitative estimate of drug-likeness (QED) is 0.253. The molecule has 2 aromatic carbocycles. The Morgan fingerprint density at radius 2 is 2.00 bits per heavy atom. The number of carbonyl (C=O) groups is 2. The molecule has 2 aromatic rings. The molecule has 160 valence electrons. The molecular weight excluding hydrogens is 481 g/mol. The number of anilines is 1. The van der Waals surface area contributed by atoms with E-state index in [9.17, 15) is 17.4 Å². The molecule has 0 aliphatic carbocycles. The first-order valence-electron chi connectivity index (χ1n) is 8.43. The number of hydrogen-bond acceptors (Lipinski definition) is 7. The van der Waals surface area contributed by atoms with E-state index in [1.54, 1.807) is 18.2 Å². The molecule has 1 atom stereocenters. The molecule has 11 heteroatoms. The zero-order valence-electron chi connectivity index (χ0n) is 16.0. The van der Waals surface area contributed by atoms with Gasteiger partial charge in [-0.1, -0.05) is 17.7 Å². The van der Waals surface area contributed by atoms with Gasteiger partial charge in [0.25, 0.3) is 0 Å². The Bertz CT molecular complexity index is 1020. The fourth-order valence-electron chi connectivity index (χ4n) is 2.48. The maximum Gasteiger partial charge on any atom is 0.341 e. The monoisotopic (exact) mass is 499 g/mol. The first-order valence-corrected chi connectivity index (χ1v) is 12.1. The van der Waals surface area contributed by atoms with Crippen LogP contribution in [0.5, 0.6) is 5.75 Å². The predicted octanol–water partition coefficient (Wildman–Crippen LogP) is 2.24. The maximum atomic E-state index is 11.5. The van der Waals surface area contributed by atoms with E-state index in [1.807, 2.05) is 12.2 Å². The molecule has 0 radical (unpaired) electrons. The first kappa shape index (κ1) is 23.7. The minimum atomic E-state index is -4.83. The molecule has 3 N–H and O–H groups in total. The second kappa shape index (κ2) is 10.5. The molecule has 0 fully saturated rings. The number of hydrogen-bond donors (Lipinski definition) is 3. The van der Waals surface area contributed by atoms with Gasteiger partial charge in [0, 0.05) is 10.6 Å². The second-order valence-electron chi connectivity index (χ2n) is 5.91. The standard InChI is InChI=1S/C11H9ClO3.C8H10AsNO5/c1-14-11(13)9-6-8(12)5-7-3-2-4-15-10(7)9;1-6(11)10-8-4-2-3-7(5-8)9(12,13)15-14/h2-3,5-6H,4H2,1H3;2-5,14H,1H3,(H,10,11)(H,12,13). The van der Waals surface area contributed by atoms with Crippen molar-refractivity contribution in [1.29, 1.82) is 0 Å². The van der Waals surface area contributed by atoms with E-state index in [1.165, 1.54) is 32.2 Å². The summed E-state index contributed by atoms with van der Waals surface area (Å²) in [5, 5.41) is 11.2. The van der Waals surface area contributed by atoms with Gasteiger partial charge in [-0.3, -0.25) is 0 Å². The van der Waals surface area contributed by atoms with E-state index in [2.05, 4.69) is 13.9 Å². The Morgan fingerprint density at radius 3 is 2.63 bits per heavy atom. The molecule has 0 bridgehead atoms. The van der Waals surface area contributed by atoms with Crippen molar-refractivity contribution in [2.24, 2.45) is 0 Å². The summed E-state index contributed by atoms with van der Waals surface area (Å²) in [4.78, 5) is 22.2. The summed E-state index contributed by atoms with van der Waals surface area (Å²) in [5.41, 5.74) is 1.53. The average molecular weight is 500 g/mol. The number of amides is 1. The number of carbonyl (C=O) groups excluding carboxylic acids is 2. The molecule has 1 amide bonds. The van der Waals surface area contributed by atoms with E-state index in [0.29, 0.717) is 28.6 Å². The number of halogens is 1. The normalized spacial score (nSPS) is 13.6. The van der Waals surface area contributed by atoms with Crippen LogP contribution in [0.2, 0.25) is 5.02 Å². The summed E-state index contributed by atoms with van der Waals surface area (Å²) in [6.07, 6.45) is 3.73. The molecule has 1 aliphatic rings. The fraction of sp³-hybridized carbons (Fsp3) is 0.158. The van der Waals surface area contributed by atoms with Gasteiger partial charge in [0.05, 0.1) is 7.11 Å². The first-order chi connectivity index (χ1) is 14.2. The number of benzene rings is 2. The predicted molar refractivity (Wildman–Crippen MR) is 110 cm³/mol. The van der Waals surface area contributed by atoms with Crippen LogP contribution in [0.25, 0.3) is 6.08 Å². The van der Waals surface area contributed by atoms with Gasteiger partial charge in [-0.05, 0) is 18.2 Å². The number of nitrogens with one attached hydrogen (secondary N) is 1. The molecule has 30 heavy (non-hydrogen) atoms. The van der Waals surface area contributed by atoms with Gasteiger partial charge in [0.15, 0.2) is 0 Å². The number of esters is 1. The molecular formula is C19H19AsClNO8. The molecule has 0 saturated heterocycles. The van der Waals surface area contributed by atoms with Gasteiger partial charge in [-0.2, -0.15) is 0 Å². The van der Waals surface area contributed by atoms with Crippen LogP contribution in [0.3, 0.4) is 0 Å². The summed E-state index contributed by atoms with van der Waals surface area (Å²) in [7, 11) is 1.33. The molecule has 0 aromatic heterocycles. The fourth-order valence-corrected chi connectivity index (χ4v) is 4.11.